The maximum Gasteiger partial charge on any atom is 0.135 e. The van der Waals surface area contributed by atoms with Crippen LogP contribution >= 0.6 is 0 Å². The second kappa shape index (κ2) is 14.7. The van der Waals surface area contributed by atoms with Gasteiger partial charge >= 0.3 is 0 Å². The number of para-hydroxylation sites is 1. The van der Waals surface area contributed by atoms with Crippen LogP contribution in [0.25, 0.3) is 117 Å². The Kier molecular flexibility index (Phi) is 8.46. The molecular formula is C58H37N3O. The summed E-state index contributed by atoms with van der Waals surface area (Å²) in [5, 5.41) is 3.35. The highest BCUT2D eigenvalue weighted by atomic mass is 16.3. The van der Waals surface area contributed by atoms with Crippen LogP contribution in [-0.2, 0) is 0 Å². The highest BCUT2D eigenvalue weighted by Crippen LogP contribution is 2.38. The fourth-order valence-corrected chi connectivity index (χ4v) is 8.92. The summed E-state index contributed by atoms with van der Waals surface area (Å²) < 4.78 is 8.45. The van der Waals surface area contributed by atoms with Crippen molar-refractivity contribution in [3.63, 3.8) is 0 Å². The Morgan fingerprint density at radius 2 is 0.823 bits per heavy atom. The van der Waals surface area contributed by atoms with Crippen LogP contribution in [0.4, 0.5) is 0 Å². The normalized spacial score (nSPS) is 11.5. The molecule has 8 aromatic carbocycles. The van der Waals surface area contributed by atoms with Gasteiger partial charge in [0.15, 0.2) is 0 Å². The van der Waals surface area contributed by atoms with Crippen LogP contribution in [-0.4, -0.2) is 14.5 Å². The molecule has 4 nitrogen and oxygen atoms in total. The van der Waals surface area contributed by atoms with Crippen molar-refractivity contribution in [1.29, 1.82) is 0 Å². The van der Waals surface area contributed by atoms with Crippen molar-refractivity contribution >= 4 is 43.9 Å². The molecule has 290 valence electrons. The van der Waals surface area contributed by atoms with Crippen molar-refractivity contribution in [2.45, 2.75) is 0 Å². The van der Waals surface area contributed by atoms with Gasteiger partial charge in [0, 0.05) is 39.2 Å². The highest BCUT2D eigenvalue weighted by molar-refractivity contribution is 6.10. The zero-order valence-corrected chi connectivity index (χ0v) is 33.6. The van der Waals surface area contributed by atoms with E-state index < -0.39 is 0 Å². The standard InChI is InChI=1S/C58H37N3O/c1-3-10-38(11-4-1)40-17-19-42(20-18-40)47-36-52(43-23-21-41(22-24-43)39-12-5-2-6-13-39)60-53(37-47)44-25-29-48(30-26-44)61-54-31-27-45(35-51(54)58-55(61)15-9-33-59-58)46-28-32-57-50(34-46)49-14-7-8-16-56(49)62-57/h1-37H. The topological polar surface area (TPSA) is 43.9 Å². The third-order valence-corrected chi connectivity index (χ3v) is 12.1. The molecule has 0 radical (unpaired) electrons. The lowest BCUT2D eigenvalue weighted by Gasteiger charge is -2.13. The van der Waals surface area contributed by atoms with E-state index in [2.05, 4.69) is 205 Å². The van der Waals surface area contributed by atoms with E-state index >= 15 is 0 Å². The average molecular weight is 792 g/mol. The van der Waals surface area contributed by atoms with Gasteiger partial charge in [0.2, 0.25) is 0 Å². The second-order valence-electron chi connectivity index (χ2n) is 15.8. The SMILES string of the molecule is c1ccc(-c2ccc(-c3cc(-c4ccc(-c5ccccc5)cc4)nc(-c4ccc(-n5c6ccc(-c7ccc8oc9ccccc9c8c7)cc6c6ncccc65)cc4)c3)cc2)cc1. The zero-order chi connectivity index (χ0) is 41.0. The van der Waals surface area contributed by atoms with Crippen molar-refractivity contribution in [3.05, 3.63) is 225 Å². The molecule has 0 N–H and O–H groups in total. The van der Waals surface area contributed by atoms with Gasteiger partial charge in [-0.05, 0) is 111 Å². The van der Waals surface area contributed by atoms with Gasteiger partial charge in [0.25, 0.3) is 0 Å². The minimum Gasteiger partial charge on any atom is -0.456 e. The van der Waals surface area contributed by atoms with Crippen LogP contribution in [0, 0.1) is 0 Å². The van der Waals surface area contributed by atoms with E-state index in [4.69, 9.17) is 14.4 Å². The number of hydrogen-bond donors (Lipinski definition) is 0. The minimum atomic E-state index is 0.894. The lowest BCUT2D eigenvalue weighted by atomic mass is 9.97. The largest absolute Gasteiger partial charge is 0.456 e. The van der Waals surface area contributed by atoms with Crippen molar-refractivity contribution in [3.8, 4) is 72.7 Å². The Balaban J connectivity index is 0.931. The molecule has 0 unspecified atom stereocenters. The lowest BCUT2D eigenvalue weighted by Crippen LogP contribution is -1.95. The fourth-order valence-electron chi connectivity index (χ4n) is 8.92. The molecule has 0 atom stereocenters. The number of nitrogens with zero attached hydrogens (tertiary/aromatic N) is 3. The summed E-state index contributed by atoms with van der Waals surface area (Å²) in [4.78, 5) is 10.2. The molecule has 0 fully saturated rings. The van der Waals surface area contributed by atoms with Gasteiger partial charge in [-0.1, -0.05) is 152 Å². The van der Waals surface area contributed by atoms with Crippen molar-refractivity contribution in [2.75, 3.05) is 0 Å². The summed E-state index contributed by atoms with van der Waals surface area (Å²) in [5.41, 5.74) is 19.2. The zero-order valence-electron chi connectivity index (χ0n) is 33.6. The van der Waals surface area contributed by atoms with Crippen LogP contribution in [0.2, 0.25) is 0 Å². The third-order valence-electron chi connectivity index (χ3n) is 12.1. The van der Waals surface area contributed by atoms with Crippen molar-refractivity contribution in [2.24, 2.45) is 0 Å². The van der Waals surface area contributed by atoms with Gasteiger partial charge < -0.3 is 8.98 Å². The Bertz CT molecular complexity index is 3490. The first-order valence-electron chi connectivity index (χ1n) is 21.0. The third kappa shape index (κ3) is 6.25. The lowest BCUT2D eigenvalue weighted by molar-refractivity contribution is 0.669. The predicted octanol–water partition coefficient (Wildman–Crippen LogP) is 15.5. The molecule has 12 rings (SSSR count). The van der Waals surface area contributed by atoms with E-state index in [0.29, 0.717) is 0 Å². The monoisotopic (exact) mass is 791 g/mol. The molecule has 0 aliphatic rings. The van der Waals surface area contributed by atoms with Gasteiger partial charge in [0.05, 0.1) is 27.9 Å². The van der Waals surface area contributed by atoms with Gasteiger partial charge in [-0.15, -0.1) is 0 Å². The second-order valence-corrected chi connectivity index (χ2v) is 15.8. The molecule has 0 saturated heterocycles. The Morgan fingerprint density at radius 3 is 1.48 bits per heavy atom. The maximum absolute atomic E-state index is 6.13. The van der Waals surface area contributed by atoms with Crippen LogP contribution in [0.5, 0.6) is 0 Å². The number of aromatic nitrogens is 3. The van der Waals surface area contributed by atoms with Gasteiger partial charge in [-0.3, -0.25) is 4.98 Å². The molecule has 12 aromatic rings. The van der Waals surface area contributed by atoms with Gasteiger partial charge in [-0.25, -0.2) is 4.98 Å². The molecule has 0 amide bonds. The smallest absolute Gasteiger partial charge is 0.135 e. The molecule has 0 saturated carbocycles. The summed E-state index contributed by atoms with van der Waals surface area (Å²) in [5.74, 6) is 0. The number of fused-ring (bicyclic) bond motifs is 6. The fraction of sp³-hybridized carbons (Fsp3) is 0. The molecule has 0 spiro atoms. The Morgan fingerprint density at radius 1 is 0.323 bits per heavy atom. The molecule has 4 heteroatoms. The molecular weight excluding hydrogens is 755 g/mol. The van der Waals surface area contributed by atoms with Gasteiger partial charge in [-0.2, -0.15) is 0 Å². The number of benzene rings is 8. The number of furan rings is 1. The van der Waals surface area contributed by atoms with E-state index in [0.717, 1.165) is 94.3 Å². The number of rotatable bonds is 7. The number of pyridine rings is 2. The highest BCUT2D eigenvalue weighted by Gasteiger charge is 2.17. The first-order chi connectivity index (χ1) is 30.7. The van der Waals surface area contributed by atoms with E-state index in [1.807, 2.05) is 24.4 Å². The molecule has 0 bridgehead atoms. The van der Waals surface area contributed by atoms with Crippen LogP contribution in [0.1, 0.15) is 0 Å². The van der Waals surface area contributed by atoms with E-state index in [1.54, 1.807) is 0 Å². The van der Waals surface area contributed by atoms with Crippen molar-refractivity contribution < 1.29 is 4.42 Å². The Hall–Kier alpha value is -8.34. The molecule has 4 aromatic heterocycles. The van der Waals surface area contributed by atoms with Crippen LogP contribution in [0.3, 0.4) is 0 Å². The summed E-state index contributed by atoms with van der Waals surface area (Å²) in [6, 6.07) is 77.4. The van der Waals surface area contributed by atoms with Gasteiger partial charge in [0.1, 0.15) is 11.2 Å². The van der Waals surface area contributed by atoms with E-state index in [9.17, 15) is 0 Å². The first-order valence-corrected chi connectivity index (χ1v) is 21.0. The van der Waals surface area contributed by atoms with Crippen molar-refractivity contribution in [1.82, 2.24) is 14.5 Å². The quantitative estimate of drug-likeness (QED) is 0.161. The Labute approximate surface area is 358 Å². The molecule has 62 heavy (non-hydrogen) atoms. The maximum atomic E-state index is 6.13. The summed E-state index contributed by atoms with van der Waals surface area (Å²) in [7, 11) is 0. The summed E-state index contributed by atoms with van der Waals surface area (Å²) >= 11 is 0. The van der Waals surface area contributed by atoms with E-state index in [1.165, 1.54) is 22.3 Å². The predicted molar refractivity (Wildman–Crippen MR) is 256 cm³/mol. The molecule has 0 aliphatic carbocycles. The summed E-state index contributed by atoms with van der Waals surface area (Å²) in [6.45, 7) is 0. The molecule has 4 heterocycles. The van der Waals surface area contributed by atoms with Crippen LogP contribution in [0.15, 0.2) is 229 Å². The summed E-state index contributed by atoms with van der Waals surface area (Å²) in [6.07, 6.45) is 1.88. The van der Waals surface area contributed by atoms with E-state index in [-0.39, 0.29) is 0 Å². The van der Waals surface area contributed by atoms with Crippen LogP contribution < -0.4 is 0 Å². The average Bonchev–Trinajstić information content (AvgIpc) is 3.90. The number of hydrogen-bond acceptors (Lipinski definition) is 3. The molecule has 0 aliphatic heterocycles. The first kappa shape index (κ1) is 35.6. The minimum absolute atomic E-state index is 0.894.